The number of aromatic nitrogens is 1. The zero-order chi connectivity index (χ0) is 22.9. The summed E-state index contributed by atoms with van der Waals surface area (Å²) < 4.78 is 1.10. The molecule has 0 saturated carbocycles. The van der Waals surface area contributed by atoms with Crippen molar-refractivity contribution in [3.8, 4) is 10.6 Å². The minimum Gasteiger partial charge on any atom is -0.337 e. The lowest BCUT2D eigenvalue weighted by atomic mass is 10.0. The fourth-order valence-corrected chi connectivity index (χ4v) is 6.47. The summed E-state index contributed by atoms with van der Waals surface area (Å²) in [5, 5.41) is 5.29. The van der Waals surface area contributed by atoms with Gasteiger partial charge in [-0.05, 0) is 41.8 Å². The van der Waals surface area contributed by atoms with Crippen LogP contribution in [0.5, 0.6) is 0 Å². The number of hydrogen-bond donors (Lipinski definition) is 1. The summed E-state index contributed by atoms with van der Waals surface area (Å²) in [4.78, 5) is 32.5. The number of thiophene rings is 1. The standard InChI is InChI=1S/C25H20ClN3O2S2/c1-15(30)29-13-12-17-21(14-29)33-25(23(17)24-27-19-8-4-5-9-20(19)32-24)28-22(31)11-10-16-6-2-3-7-18(16)26/h2-11H,12-14H2,1H3,(H,28,31). The molecule has 1 aliphatic rings. The molecule has 3 heterocycles. The van der Waals surface area contributed by atoms with Crippen molar-refractivity contribution in [2.45, 2.75) is 19.9 Å². The van der Waals surface area contributed by atoms with Gasteiger partial charge in [-0.2, -0.15) is 0 Å². The first-order valence-corrected chi connectivity index (χ1v) is 12.5. The Kier molecular flexibility index (Phi) is 6.01. The molecular weight excluding hydrogens is 474 g/mol. The summed E-state index contributed by atoms with van der Waals surface area (Å²) >= 11 is 9.34. The third kappa shape index (κ3) is 4.44. The molecule has 2 aromatic heterocycles. The summed E-state index contributed by atoms with van der Waals surface area (Å²) in [5.74, 6) is -0.178. The SMILES string of the molecule is CC(=O)N1CCc2c(sc(NC(=O)C=Cc3ccccc3Cl)c2-c2nc3ccccc3s2)C1. The molecule has 2 amide bonds. The maximum Gasteiger partial charge on any atom is 0.249 e. The number of amides is 2. The molecule has 33 heavy (non-hydrogen) atoms. The Labute approximate surface area is 204 Å². The zero-order valence-corrected chi connectivity index (χ0v) is 20.2. The number of para-hydroxylation sites is 1. The van der Waals surface area contributed by atoms with Gasteiger partial charge in [0, 0.05) is 35.0 Å². The highest BCUT2D eigenvalue weighted by atomic mass is 35.5. The van der Waals surface area contributed by atoms with Gasteiger partial charge in [0.05, 0.1) is 16.8 Å². The van der Waals surface area contributed by atoms with E-state index in [9.17, 15) is 9.59 Å². The number of nitrogens with zero attached hydrogens (tertiary/aromatic N) is 2. The van der Waals surface area contributed by atoms with E-state index in [-0.39, 0.29) is 11.8 Å². The Hall–Kier alpha value is -3.00. The van der Waals surface area contributed by atoms with E-state index >= 15 is 0 Å². The van der Waals surface area contributed by atoms with Crippen LogP contribution >= 0.6 is 34.3 Å². The van der Waals surface area contributed by atoms with Crippen molar-refractivity contribution in [3.63, 3.8) is 0 Å². The highest BCUT2D eigenvalue weighted by Crippen LogP contribution is 2.45. The van der Waals surface area contributed by atoms with Crippen molar-refractivity contribution in [2.24, 2.45) is 0 Å². The molecule has 0 saturated heterocycles. The first-order valence-electron chi connectivity index (χ1n) is 10.5. The van der Waals surface area contributed by atoms with Crippen LogP contribution in [-0.2, 0) is 22.6 Å². The van der Waals surface area contributed by atoms with Crippen LogP contribution in [0.3, 0.4) is 0 Å². The number of anilines is 1. The Morgan fingerprint density at radius 2 is 1.91 bits per heavy atom. The number of rotatable bonds is 4. The predicted molar refractivity (Wildman–Crippen MR) is 137 cm³/mol. The van der Waals surface area contributed by atoms with Crippen molar-refractivity contribution in [3.05, 3.63) is 75.6 Å². The Morgan fingerprint density at radius 1 is 1.12 bits per heavy atom. The Bertz CT molecular complexity index is 1370. The lowest BCUT2D eigenvalue weighted by Crippen LogP contribution is -2.33. The van der Waals surface area contributed by atoms with Crippen molar-refractivity contribution >= 4 is 67.4 Å². The minimum atomic E-state index is -0.237. The van der Waals surface area contributed by atoms with E-state index < -0.39 is 0 Å². The van der Waals surface area contributed by atoms with Gasteiger partial charge in [0.1, 0.15) is 10.0 Å². The van der Waals surface area contributed by atoms with Gasteiger partial charge in [-0.15, -0.1) is 22.7 Å². The normalized spacial score (nSPS) is 13.5. The van der Waals surface area contributed by atoms with Gasteiger partial charge < -0.3 is 10.2 Å². The quantitative estimate of drug-likeness (QED) is 0.342. The molecule has 4 aromatic rings. The summed E-state index contributed by atoms with van der Waals surface area (Å²) in [5.41, 5.74) is 3.86. The third-order valence-electron chi connectivity index (χ3n) is 5.57. The molecule has 0 bridgehead atoms. The molecular formula is C25H20ClN3O2S2. The molecule has 0 atom stereocenters. The number of carbonyl (C=O) groups is 2. The number of fused-ring (bicyclic) bond motifs is 2. The third-order valence-corrected chi connectivity index (χ3v) is 8.10. The lowest BCUT2D eigenvalue weighted by Gasteiger charge is -2.25. The minimum absolute atomic E-state index is 0.0591. The van der Waals surface area contributed by atoms with Crippen LogP contribution in [0.25, 0.3) is 26.9 Å². The van der Waals surface area contributed by atoms with E-state index in [0.29, 0.717) is 18.1 Å². The van der Waals surface area contributed by atoms with E-state index in [4.69, 9.17) is 16.6 Å². The molecule has 0 fully saturated rings. The number of benzene rings is 2. The number of thiazole rings is 1. The second-order valence-electron chi connectivity index (χ2n) is 7.73. The maximum absolute atomic E-state index is 12.8. The van der Waals surface area contributed by atoms with Crippen molar-refractivity contribution in [2.75, 3.05) is 11.9 Å². The van der Waals surface area contributed by atoms with Gasteiger partial charge in [-0.1, -0.05) is 41.9 Å². The maximum atomic E-state index is 12.8. The molecule has 5 rings (SSSR count). The van der Waals surface area contributed by atoms with Crippen LogP contribution in [0.15, 0.2) is 54.6 Å². The molecule has 0 spiro atoms. The van der Waals surface area contributed by atoms with Crippen LogP contribution in [0.1, 0.15) is 22.9 Å². The van der Waals surface area contributed by atoms with Gasteiger partial charge in [0.15, 0.2) is 0 Å². The van der Waals surface area contributed by atoms with Gasteiger partial charge >= 0.3 is 0 Å². The average Bonchev–Trinajstić information content (AvgIpc) is 3.38. The van der Waals surface area contributed by atoms with Crippen LogP contribution in [0, 0.1) is 0 Å². The average molecular weight is 494 g/mol. The molecule has 0 unspecified atom stereocenters. The van der Waals surface area contributed by atoms with E-state index in [2.05, 4.69) is 11.4 Å². The summed E-state index contributed by atoms with van der Waals surface area (Å²) in [6.07, 6.45) is 3.94. The Balaban J connectivity index is 1.51. The fourth-order valence-electron chi connectivity index (χ4n) is 3.90. The highest BCUT2D eigenvalue weighted by Gasteiger charge is 2.28. The second kappa shape index (κ2) is 9.09. The molecule has 2 aromatic carbocycles. The lowest BCUT2D eigenvalue weighted by molar-refractivity contribution is -0.129. The van der Waals surface area contributed by atoms with Crippen molar-refractivity contribution < 1.29 is 9.59 Å². The molecule has 5 nitrogen and oxygen atoms in total. The van der Waals surface area contributed by atoms with Crippen LogP contribution in [0.2, 0.25) is 5.02 Å². The molecule has 1 N–H and O–H groups in total. The second-order valence-corrected chi connectivity index (χ2v) is 10.3. The predicted octanol–water partition coefficient (Wildman–Crippen LogP) is 6.23. The van der Waals surface area contributed by atoms with Crippen molar-refractivity contribution in [1.29, 1.82) is 0 Å². The largest absolute Gasteiger partial charge is 0.337 e. The van der Waals surface area contributed by atoms with Crippen LogP contribution in [-0.4, -0.2) is 28.2 Å². The molecule has 1 aliphatic heterocycles. The summed E-state index contributed by atoms with van der Waals surface area (Å²) in [6, 6.07) is 15.4. The summed E-state index contributed by atoms with van der Waals surface area (Å²) in [7, 11) is 0. The number of halogens is 1. The smallest absolute Gasteiger partial charge is 0.249 e. The first kappa shape index (κ1) is 21.8. The highest BCUT2D eigenvalue weighted by molar-refractivity contribution is 7.23. The van der Waals surface area contributed by atoms with Gasteiger partial charge in [-0.3, -0.25) is 9.59 Å². The van der Waals surface area contributed by atoms with E-state index in [1.165, 1.54) is 23.0 Å². The van der Waals surface area contributed by atoms with Crippen molar-refractivity contribution in [1.82, 2.24) is 9.88 Å². The first-order chi connectivity index (χ1) is 16.0. The van der Waals surface area contributed by atoms with E-state index in [0.717, 1.165) is 42.7 Å². The molecule has 8 heteroatoms. The number of carbonyl (C=O) groups excluding carboxylic acids is 2. The van der Waals surface area contributed by atoms with Crippen LogP contribution < -0.4 is 5.32 Å². The number of hydrogen-bond acceptors (Lipinski definition) is 5. The number of nitrogens with one attached hydrogen (secondary N) is 1. The van der Waals surface area contributed by atoms with E-state index in [1.54, 1.807) is 30.4 Å². The molecule has 0 radical (unpaired) electrons. The fraction of sp³-hybridized carbons (Fsp3) is 0.160. The van der Waals surface area contributed by atoms with Gasteiger partial charge in [0.2, 0.25) is 11.8 Å². The van der Waals surface area contributed by atoms with E-state index in [1.807, 2.05) is 41.3 Å². The van der Waals surface area contributed by atoms with Gasteiger partial charge in [-0.25, -0.2) is 4.98 Å². The topological polar surface area (TPSA) is 62.3 Å². The molecule has 0 aliphatic carbocycles. The Morgan fingerprint density at radius 3 is 2.70 bits per heavy atom. The monoisotopic (exact) mass is 493 g/mol. The summed E-state index contributed by atoms with van der Waals surface area (Å²) in [6.45, 7) is 2.81. The molecule has 166 valence electrons. The zero-order valence-electron chi connectivity index (χ0n) is 17.8. The van der Waals surface area contributed by atoms with Crippen LogP contribution in [0.4, 0.5) is 5.00 Å². The van der Waals surface area contributed by atoms with Gasteiger partial charge in [0.25, 0.3) is 0 Å².